The second-order valence-corrected chi connectivity index (χ2v) is 4.56. The van der Waals surface area contributed by atoms with Crippen LogP contribution in [0.15, 0.2) is 0 Å². The Morgan fingerprint density at radius 1 is 1.57 bits per heavy atom. The van der Waals surface area contributed by atoms with E-state index < -0.39 is 0 Å². The van der Waals surface area contributed by atoms with Crippen molar-refractivity contribution in [3.63, 3.8) is 0 Å². The molecule has 0 aromatic carbocycles. The quantitative estimate of drug-likeness (QED) is 0.511. The van der Waals surface area contributed by atoms with Gasteiger partial charge < -0.3 is 9.47 Å². The smallest absolute Gasteiger partial charge is 0.338 e. The van der Waals surface area contributed by atoms with Gasteiger partial charge in [0.15, 0.2) is 6.10 Å². The van der Waals surface area contributed by atoms with E-state index in [0.29, 0.717) is 6.61 Å². The molecule has 3 nitrogen and oxygen atoms in total. The Kier molecular flexibility index (Phi) is 2.52. The molecule has 1 aliphatic heterocycles. The first-order valence-corrected chi connectivity index (χ1v) is 5.50. The summed E-state index contributed by atoms with van der Waals surface area (Å²) in [6.07, 6.45) is 4.67. The monoisotopic (exact) mass is 198 g/mol. The Morgan fingerprint density at radius 2 is 2.29 bits per heavy atom. The Hall–Kier alpha value is -0.570. The first-order valence-electron chi connectivity index (χ1n) is 5.50. The van der Waals surface area contributed by atoms with Crippen molar-refractivity contribution < 1.29 is 14.3 Å². The zero-order valence-corrected chi connectivity index (χ0v) is 8.91. The SMILES string of the molecule is CCOC(=O)C1OC1(C)CC1CCC1. The number of ether oxygens (including phenoxy) is 2. The van der Waals surface area contributed by atoms with E-state index in [9.17, 15) is 4.79 Å². The molecule has 80 valence electrons. The van der Waals surface area contributed by atoms with E-state index in [2.05, 4.69) is 0 Å². The summed E-state index contributed by atoms with van der Waals surface area (Å²) in [5.74, 6) is 0.591. The Labute approximate surface area is 84.8 Å². The predicted octanol–water partition coefficient (Wildman–Crippen LogP) is 1.90. The third-order valence-corrected chi connectivity index (χ3v) is 3.30. The van der Waals surface area contributed by atoms with Gasteiger partial charge in [-0.2, -0.15) is 0 Å². The lowest BCUT2D eigenvalue weighted by molar-refractivity contribution is -0.144. The summed E-state index contributed by atoms with van der Waals surface area (Å²) in [6.45, 7) is 4.29. The van der Waals surface area contributed by atoms with Gasteiger partial charge in [0, 0.05) is 0 Å². The fourth-order valence-electron chi connectivity index (χ4n) is 2.18. The van der Waals surface area contributed by atoms with Crippen molar-refractivity contribution in [3.8, 4) is 0 Å². The van der Waals surface area contributed by atoms with Crippen molar-refractivity contribution in [1.29, 1.82) is 0 Å². The molecule has 0 radical (unpaired) electrons. The van der Waals surface area contributed by atoms with E-state index >= 15 is 0 Å². The van der Waals surface area contributed by atoms with Crippen molar-refractivity contribution in [3.05, 3.63) is 0 Å². The third kappa shape index (κ3) is 1.78. The van der Waals surface area contributed by atoms with Crippen molar-refractivity contribution in [2.45, 2.75) is 51.2 Å². The minimum Gasteiger partial charge on any atom is -0.464 e. The molecule has 0 spiro atoms. The van der Waals surface area contributed by atoms with Crippen molar-refractivity contribution in [1.82, 2.24) is 0 Å². The molecule has 2 unspecified atom stereocenters. The molecule has 2 rings (SSSR count). The molecule has 1 saturated carbocycles. The van der Waals surface area contributed by atoms with E-state index in [1.165, 1.54) is 19.3 Å². The van der Waals surface area contributed by atoms with Crippen LogP contribution in [-0.4, -0.2) is 24.3 Å². The van der Waals surface area contributed by atoms with Gasteiger partial charge in [-0.15, -0.1) is 0 Å². The van der Waals surface area contributed by atoms with Crippen LogP contribution in [0.5, 0.6) is 0 Å². The second-order valence-electron chi connectivity index (χ2n) is 4.56. The highest BCUT2D eigenvalue weighted by atomic mass is 16.7. The molecule has 2 aliphatic rings. The highest BCUT2D eigenvalue weighted by Crippen LogP contribution is 2.46. The Balaban J connectivity index is 1.79. The van der Waals surface area contributed by atoms with Crippen LogP contribution in [0.25, 0.3) is 0 Å². The van der Waals surface area contributed by atoms with Crippen LogP contribution in [0.2, 0.25) is 0 Å². The number of esters is 1. The Morgan fingerprint density at radius 3 is 2.79 bits per heavy atom. The minimum atomic E-state index is -0.289. The van der Waals surface area contributed by atoms with Crippen LogP contribution in [0, 0.1) is 5.92 Å². The average Bonchev–Trinajstić information content (AvgIpc) is 2.73. The fraction of sp³-hybridized carbons (Fsp3) is 0.909. The molecule has 1 saturated heterocycles. The van der Waals surface area contributed by atoms with E-state index in [1.807, 2.05) is 13.8 Å². The van der Waals surface area contributed by atoms with Gasteiger partial charge in [-0.25, -0.2) is 4.79 Å². The highest BCUT2D eigenvalue weighted by molar-refractivity contribution is 5.79. The van der Waals surface area contributed by atoms with Crippen molar-refractivity contribution in [2.75, 3.05) is 6.61 Å². The largest absolute Gasteiger partial charge is 0.464 e. The highest BCUT2D eigenvalue weighted by Gasteiger charge is 2.58. The molecule has 0 N–H and O–H groups in total. The molecule has 1 aliphatic carbocycles. The molecule has 0 aromatic heterocycles. The molecule has 0 bridgehead atoms. The van der Waals surface area contributed by atoms with E-state index in [1.54, 1.807) is 0 Å². The van der Waals surface area contributed by atoms with Gasteiger partial charge in [0.2, 0.25) is 0 Å². The summed E-state index contributed by atoms with van der Waals surface area (Å²) in [7, 11) is 0. The van der Waals surface area contributed by atoms with Gasteiger partial charge in [-0.3, -0.25) is 0 Å². The molecule has 0 aromatic rings. The topological polar surface area (TPSA) is 38.8 Å². The maximum atomic E-state index is 11.4. The standard InChI is InChI=1S/C11H18O3/c1-3-13-10(12)9-11(2,14-9)7-8-5-4-6-8/h8-9H,3-7H2,1-2H3. The molecule has 3 heteroatoms. The zero-order valence-electron chi connectivity index (χ0n) is 8.91. The van der Waals surface area contributed by atoms with Crippen LogP contribution < -0.4 is 0 Å². The summed E-state index contributed by atoms with van der Waals surface area (Å²) in [5.41, 5.74) is -0.211. The zero-order chi connectivity index (χ0) is 10.2. The molecule has 1 heterocycles. The average molecular weight is 198 g/mol. The number of hydrogen-bond donors (Lipinski definition) is 0. The van der Waals surface area contributed by atoms with Gasteiger partial charge in [0.05, 0.1) is 6.61 Å². The van der Waals surface area contributed by atoms with Gasteiger partial charge in [0.1, 0.15) is 5.60 Å². The molecule has 2 atom stereocenters. The van der Waals surface area contributed by atoms with E-state index in [-0.39, 0.29) is 17.7 Å². The van der Waals surface area contributed by atoms with Gasteiger partial charge in [-0.1, -0.05) is 19.3 Å². The molecular weight excluding hydrogens is 180 g/mol. The molecule has 0 amide bonds. The number of rotatable bonds is 4. The van der Waals surface area contributed by atoms with Crippen LogP contribution in [0.1, 0.15) is 39.5 Å². The van der Waals surface area contributed by atoms with Crippen LogP contribution >= 0.6 is 0 Å². The maximum Gasteiger partial charge on any atom is 0.338 e. The summed E-state index contributed by atoms with van der Waals surface area (Å²) >= 11 is 0. The van der Waals surface area contributed by atoms with Crippen LogP contribution in [0.3, 0.4) is 0 Å². The fourth-order valence-corrected chi connectivity index (χ4v) is 2.18. The van der Waals surface area contributed by atoms with Gasteiger partial charge in [0.25, 0.3) is 0 Å². The summed E-state index contributed by atoms with van der Waals surface area (Å²) in [5, 5.41) is 0. The van der Waals surface area contributed by atoms with Crippen molar-refractivity contribution >= 4 is 5.97 Å². The van der Waals surface area contributed by atoms with E-state index in [4.69, 9.17) is 9.47 Å². The number of carbonyl (C=O) groups is 1. The first-order chi connectivity index (χ1) is 6.65. The van der Waals surface area contributed by atoms with Crippen LogP contribution in [-0.2, 0) is 14.3 Å². The number of epoxide rings is 1. The predicted molar refractivity (Wildman–Crippen MR) is 51.9 cm³/mol. The Bertz CT molecular complexity index is 235. The lowest BCUT2D eigenvalue weighted by Gasteiger charge is -2.26. The minimum absolute atomic E-state index is 0.186. The molecule has 14 heavy (non-hydrogen) atoms. The van der Waals surface area contributed by atoms with Gasteiger partial charge in [-0.05, 0) is 26.2 Å². The lowest BCUT2D eigenvalue weighted by atomic mass is 9.78. The van der Waals surface area contributed by atoms with E-state index in [0.717, 1.165) is 12.3 Å². The summed E-state index contributed by atoms with van der Waals surface area (Å²) < 4.78 is 10.4. The summed E-state index contributed by atoms with van der Waals surface area (Å²) in [4.78, 5) is 11.4. The third-order valence-electron chi connectivity index (χ3n) is 3.30. The van der Waals surface area contributed by atoms with Crippen molar-refractivity contribution in [2.24, 2.45) is 5.92 Å². The molecule has 2 fully saturated rings. The second kappa shape index (κ2) is 3.54. The molecular formula is C11H18O3. The normalized spacial score (nSPS) is 36.3. The van der Waals surface area contributed by atoms with Gasteiger partial charge >= 0.3 is 5.97 Å². The number of carbonyl (C=O) groups excluding carboxylic acids is 1. The number of hydrogen-bond acceptors (Lipinski definition) is 3. The van der Waals surface area contributed by atoms with Crippen LogP contribution in [0.4, 0.5) is 0 Å². The summed E-state index contributed by atoms with van der Waals surface area (Å²) in [6, 6.07) is 0. The first kappa shape index (κ1) is 9.97. The lowest BCUT2D eigenvalue weighted by Crippen LogP contribution is -2.25. The maximum absolute atomic E-state index is 11.4.